The predicted octanol–water partition coefficient (Wildman–Crippen LogP) is 3.51. The monoisotopic (exact) mass is 327 g/mol. The van der Waals surface area contributed by atoms with Gasteiger partial charge in [-0.05, 0) is 60.3 Å². The van der Waals surface area contributed by atoms with Crippen LogP contribution in [0.2, 0.25) is 0 Å². The van der Waals surface area contributed by atoms with Gasteiger partial charge in [-0.25, -0.2) is 0 Å². The van der Waals surface area contributed by atoms with Gasteiger partial charge in [-0.2, -0.15) is 0 Å². The van der Waals surface area contributed by atoms with Gasteiger partial charge < -0.3 is 14.7 Å². The fraction of sp³-hybridized carbons (Fsp3) is 0.600. The molecular weight excluding hydrogens is 306 g/mol. The van der Waals surface area contributed by atoms with Crippen LogP contribution in [0.5, 0.6) is 0 Å². The summed E-state index contributed by atoms with van der Waals surface area (Å²) in [5.74, 6) is 0. The maximum Gasteiger partial charge on any atom is 0.0825 e. The zero-order valence-corrected chi connectivity index (χ0v) is 13.4. The first-order valence-electron chi connectivity index (χ1n) is 6.73. The lowest BCUT2D eigenvalue weighted by molar-refractivity contribution is -0.00468. The molecule has 4 heteroatoms. The van der Waals surface area contributed by atoms with Crippen LogP contribution in [0.4, 0.5) is 5.69 Å². The van der Waals surface area contributed by atoms with E-state index < -0.39 is 6.10 Å². The third kappa shape index (κ3) is 3.30. The number of aliphatic hydroxyl groups excluding tert-OH is 1. The molecule has 1 aliphatic heterocycles. The number of hydrogen-bond donors (Lipinski definition) is 1. The van der Waals surface area contributed by atoms with E-state index in [1.807, 2.05) is 12.1 Å². The summed E-state index contributed by atoms with van der Waals surface area (Å²) in [5, 5.41) is 9.62. The Morgan fingerprint density at radius 3 is 2.79 bits per heavy atom. The number of methoxy groups -OCH3 is 1. The zero-order valence-electron chi connectivity index (χ0n) is 11.8. The molecule has 1 aromatic rings. The van der Waals surface area contributed by atoms with Crippen molar-refractivity contribution in [3.05, 3.63) is 28.2 Å². The zero-order chi connectivity index (χ0) is 14.0. The number of ether oxygens (including phenoxy) is 1. The molecule has 0 aromatic heterocycles. The molecule has 106 valence electrons. The van der Waals surface area contributed by atoms with E-state index in [0.29, 0.717) is 0 Å². The average Bonchev–Trinajstić information content (AvgIpc) is 2.38. The fourth-order valence-corrected chi connectivity index (χ4v) is 3.26. The minimum absolute atomic E-state index is 0.0688. The Kier molecular flexibility index (Phi) is 4.54. The Hall–Kier alpha value is -0.580. The molecule has 1 aromatic carbocycles. The fourth-order valence-electron chi connectivity index (χ4n) is 2.62. The number of piperidine rings is 1. The lowest BCUT2D eigenvalue weighted by Crippen LogP contribution is -2.47. The highest BCUT2D eigenvalue weighted by Crippen LogP contribution is 2.34. The van der Waals surface area contributed by atoms with Gasteiger partial charge in [-0.3, -0.25) is 0 Å². The second-order valence-electron chi connectivity index (χ2n) is 5.57. The first-order chi connectivity index (χ1) is 8.95. The Bertz CT molecular complexity index is 450. The molecule has 0 saturated carbocycles. The van der Waals surface area contributed by atoms with Gasteiger partial charge in [0.05, 0.1) is 17.4 Å². The molecule has 0 bridgehead atoms. The smallest absolute Gasteiger partial charge is 0.0825 e. The normalized spacial score (nSPS) is 25.4. The Balaban J connectivity index is 2.22. The van der Waals surface area contributed by atoms with Crippen LogP contribution in [-0.2, 0) is 4.74 Å². The van der Waals surface area contributed by atoms with Crippen LogP contribution in [0, 0.1) is 0 Å². The molecule has 1 N–H and O–H groups in total. The van der Waals surface area contributed by atoms with Crippen LogP contribution in [-0.4, -0.2) is 30.9 Å². The van der Waals surface area contributed by atoms with Crippen molar-refractivity contribution in [3.8, 4) is 0 Å². The minimum Gasteiger partial charge on any atom is -0.389 e. The van der Waals surface area contributed by atoms with Crippen molar-refractivity contribution in [1.82, 2.24) is 0 Å². The largest absolute Gasteiger partial charge is 0.389 e. The molecule has 3 nitrogen and oxygen atoms in total. The van der Waals surface area contributed by atoms with Crippen LogP contribution < -0.4 is 4.90 Å². The van der Waals surface area contributed by atoms with Crippen molar-refractivity contribution in [1.29, 1.82) is 0 Å². The molecule has 1 fully saturated rings. The Labute approximate surface area is 123 Å². The van der Waals surface area contributed by atoms with Gasteiger partial charge in [0.2, 0.25) is 0 Å². The molecule has 0 aliphatic carbocycles. The van der Waals surface area contributed by atoms with E-state index >= 15 is 0 Å². The molecule has 2 atom stereocenters. The Morgan fingerprint density at radius 1 is 1.47 bits per heavy atom. The number of rotatable bonds is 3. The third-order valence-corrected chi connectivity index (χ3v) is 4.58. The number of benzene rings is 1. The SMILES string of the molecule is COC1(C)CCCN(c2ccc([C@@H](C)O)cc2Br)C1. The van der Waals surface area contributed by atoms with E-state index in [0.717, 1.165) is 36.0 Å². The van der Waals surface area contributed by atoms with Crippen LogP contribution in [0.25, 0.3) is 0 Å². The molecule has 1 unspecified atom stereocenters. The highest BCUT2D eigenvalue weighted by atomic mass is 79.9. The van der Waals surface area contributed by atoms with Crippen LogP contribution in [0.15, 0.2) is 22.7 Å². The summed E-state index contributed by atoms with van der Waals surface area (Å²) in [6.07, 6.45) is 1.80. The van der Waals surface area contributed by atoms with E-state index in [1.54, 1.807) is 14.0 Å². The maximum absolute atomic E-state index is 9.62. The third-order valence-electron chi connectivity index (χ3n) is 3.95. The lowest BCUT2D eigenvalue weighted by Gasteiger charge is -2.41. The summed E-state index contributed by atoms with van der Waals surface area (Å²) in [4.78, 5) is 2.35. The summed E-state index contributed by atoms with van der Waals surface area (Å²) >= 11 is 3.62. The van der Waals surface area contributed by atoms with E-state index in [4.69, 9.17) is 4.74 Å². The van der Waals surface area contributed by atoms with E-state index in [-0.39, 0.29) is 5.60 Å². The van der Waals surface area contributed by atoms with Crippen LogP contribution in [0.1, 0.15) is 38.4 Å². The van der Waals surface area contributed by atoms with Crippen molar-refractivity contribution in [3.63, 3.8) is 0 Å². The van der Waals surface area contributed by atoms with Crippen LogP contribution in [0.3, 0.4) is 0 Å². The van der Waals surface area contributed by atoms with E-state index in [9.17, 15) is 5.11 Å². The van der Waals surface area contributed by atoms with Gasteiger partial charge in [-0.1, -0.05) is 6.07 Å². The molecule has 19 heavy (non-hydrogen) atoms. The quantitative estimate of drug-likeness (QED) is 0.922. The van der Waals surface area contributed by atoms with E-state index in [1.165, 1.54) is 5.69 Å². The maximum atomic E-state index is 9.62. The highest BCUT2D eigenvalue weighted by molar-refractivity contribution is 9.10. The molecule has 0 spiro atoms. The van der Waals surface area contributed by atoms with Crippen molar-refractivity contribution < 1.29 is 9.84 Å². The highest BCUT2D eigenvalue weighted by Gasteiger charge is 2.31. The standard InChI is InChI=1S/C15H22BrNO2/c1-11(18)12-5-6-14(13(16)9-12)17-8-4-7-15(2,10-17)19-3/h5-6,9,11,18H,4,7-8,10H2,1-3H3/t11-,15?/m1/s1. The Morgan fingerprint density at radius 2 is 2.21 bits per heavy atom. The second-order valence-corrected chi connectivity index (χ2v) is 6.42. The van der Waals surface area contributed by atoms with Crippen LogP contribution >= 0.6 is 15.9 Å². The predicted molar refractivity (Wildman–Crippen MR) is 81.6 cm³/mol. The van der Waals surface area contributed by atoms with Gasteiger partial charge >= 0.3 is 0 Å². The molecular formula is C15H22BrNO2. The summed E-state index contributed by atoms with van der Waals surface area (Å²) in [5.41, 5.74) is 2.04. The summed E-state index contributed by atoms with van der Waals surface area (Å²) in [6, 6.07) is 6.07. The molecule has 0 radical (unpaired) electrons. The second kappa shape index (κ2) is 5.81. The topological polar surface area (TPSA) is 32.7 Å². The number of aliphatic hydroxyl groups is 1. The van der Waals surface area contributed by atoms with Gasteiger partial charge in [0.15, 0.2) is 0 Å². The molecule has 0 amide bonds. The molecule has 1 heterocycles. The summed E-state index contributed by atoms with van der Waals surface area (Å²) in [6.45, 7) is 5.89. The first-order valence-corrected chi connectivity index (χ1v) is 7.52. The van der Waals surface area contributed by atoms with Crippen molar-refractivity contribution >= 4 is 21.6 Å². The molecule has 1 saturated heterocycles. The number of nitrogens with zero attached hydrogens (tertiary/aromatic N) is 1. The van der Waals surface area contributed by atoms with Crippen molar-refractivity contribution in [2.45, 2.75) is 38.4 Å². The van der Waals surface area contributed by atoms with Gasteiger partial charge in [0, 0.05) is 24.7 Å². The van der Waals surface area contributed by atoms with Crippen molar-refractivity contribution in [2.24, 2.45) is 0 Å². The number of halogens is 1. The van der Waals surface area contributed by atoms with E-state index in [2.05, 4.69) is 33.8 Å². The first kappa shape index (κ1) is 14.8. The summed E-state index contributed by atoms with van der Waals surface area (Å²) in [7, 11) is 1.79. The van der Waals surface area contributed by atoms with Crippen molar-refractivity contribution in [2.75, 3.05) is 25.1 Å². The van der Waals surface area contributed by atoms with Gasteiger partial charge in [0.25, 0.3) is 0 Å². The molecule has 1 aliphatic rings. The molecule has 2 rings (SSSR count). The summed E-state index contributed by atoms with van der Waals surface area (Å²) < 4.78 is 6.67. The average molecular weight is 328 g/mol. The minimum atomic E-state index is -0.434. The van der Waals surface area contributed by atoms with Gasteiger partial charge in [0.1, 0.15) is 0 Å². The number of hydrogen-bond acceptors (Lipinski definition) is 3. The lowest BCUT2D eigenvalue weighted by atomic mass is 9.94. The number of anilines is 1. The van der Waals surface area contributed by atoms with Gasteiger partial charge in [-0.15, -0.1) is 0 Å².